The van der Waals surface area contributed by atoms with Crippen molar-refractivity contribution < 1.29 is 14.6 Å². The quantitative estimate of drug-likeness (QED) is 0.892. The van der Waals surface area contributed by atoms with Crippen LogP contribution in [0.25, 0.3) is 0 Å². The van der Waals surface area contributed by atoms with E-state index in [0.29, 0.717) is 29.7 Å². The summed E-state index contributed by atoms with van der Waals surface area (Å²) in [5.74, 6) is 1.38. The lowest BCUT2D eigenvalue weighted by atomic mass is 9.79. The SMILES string of the molecule is CC1(C(O)c2cc3c(cc2Cl)OCCCO3)CCCC1. The van der Waals surface area contributed by atoms with Crippen LogP contribution in [0.1, 0.15) is 50.7 Å². The van der Waals surface area contributed by atoms with E-state index in [4.69, 9.17) is 21.1 Å². The van der Waals surface area contributed by atoms with Gasteiger partial charge in [0.25, 0.3) is 0 Å². The maximum Gasteiger partial charge on any atom is 0.162 e. The fraction of sp³-hybridized carbons (Fsp3) is 0.625. The number of benzene rings is 1. The molecule has 0 spiro atoms. The van der Waals surface area contributed by atoms with Gasteiger partial charge in [-0.05, 0) is 24.3 Å². The Hall–Kier alpha value is -0.930. The molecule has 1 fully saturated rings. The molecular weight excluding hydrogens is 276 g/mol. The van der Waals surface area contributed by atoms with Crippen molar-refractivity contribution in [2.45, 2.75) is 45.1 Å². The molecule has 1 aromatic carbocycles. The van der Waals surface area contributed by atoms with Gasteiger partial charge in [0.2, 0.25) is 0 Å². The van der Waals surface area contributed by atoms with Gasteiger partial charge in [-0.15, -0.1) is 0 Å². The number of hydrogen-bond acceptors (Lipinski definition) is 3. The van der Waals surface area contributed by atoms with Gasteiger partial charge < -0.3 is 14.6 Å². The molecular formula is C16H21ClO3. The van der Waals surface area contributed by atoms with Crippen LogP contribution in [0.15, 0.2) is 12.1 Å². The highest BCUT2D eigenvalue weighted by Gasteiger charge is 2.38. The summed E-state index contributed by atoms with van der Waals surface area (Å²) in [6, 6.07) is 3.64. The molecule has 1 saturated carbocycles. The van der Waals surface area contributed by atoms with Gasteiger partial charge in [-0.2, -0.15) is 0 Å². The molecule has 1 unspecified atom stereocenters. The Morgan fingerprint density at radius 3 is 2.35 bits per heavy atom. The summed E-state index contributed by atoms with van der Waals surface area (Å²) in [5.41, 5.74) is 0.684. The summed E-state index contributed by atoms with van der Waals surface area (Å²) in [7, 11) is 0. The molecule has 0 amide bonds. The molecule has 0 bridgehead atoms. The van der Waals surface area contributed by atoms with Crippen LogP contribution in [0, 0.1) is 5.41 Å². The first-order valence-corrected chi connectivity index (χ1v) is 7.75. The maximum atomic E-state index is 10.8. The Morgan fingerprint density at radius 2 is 1.70 bits per heavy atom. The third-order valence-corrected chi connectivity index (χ3v) is 4.89. The van der Waals surface area contributed by atoms with E-state index in [1.807, 2.05) is 6.07 Å². The summed E-state index contributed by atoms with van der Waals surface area (Å²) in [6.07, 6.45) is 4.75. The molecule has 3 nitrogen and oxygen atoms in total. The second-order valence-electron chi connectivity index (χ2n) is 6.13. The average Bonchev–Trinajstić information content (AvgIpc) is 2.75. The molecule has 110 valence electrons. The monoisotopic (exact) mass is 296 g/mol. The molecule has 1 N–H and O–H groups in total. The zero-order chi connectivity index (χ0) is 14.2. The van der Waals surface area contributed by atoms with Crippen molar-refractivity contribution in [2.24, 2.45) is 5.41 Å². The fourth-order valence-corrected chi connectivity index (χ4v) is 3.50. The first-order chi connectivity index (χ1) is 9.60. The second kappa shape index (κ2) is 5.45. The standard InChI is InChI=1S/C16H21ClO3/c1-16(5-2-3-6-16)15(18)11-9-13-14(10-12(11)17)20-8-4-7-19-13/h9-10,15,18H,2-8H2,1H3. The minimum atomic E-state index is -0.547. The lowest BCUT2D eigenvalue weighted by Gasteiger charge is -2.31. The van der Waals surface area contributed by atoms with Crippen LogP contribution in [-0.2, 0) is 0 Å². The Morgan fingerprint density at radius 1 is 1.10 bits per heavy atom. The molecule has 1 aromatic rings. The highest BCUT2D eigenvalue weighted by Crippen LogP contribution is 2.50. The van der Waals surface area contributed by atoms with Crippen LogP contribution in [0.3, 0.4) is 0 Å². The van der Waals surface area contributed by atoms with E-state index in [1.165, 1.54) is 12.8 Å². The van der Waals surface area contributed by atoms with Crippen molar-refractivity contribution in [3.8, 4) is 11.5 Å². The lowest BCUT2D eigenvalue weighted by Crippen LogP contribution is -2.22. The van der Waals surface area contributed by atoms with E-state index >= 15 is 0 Å². The molecule has 4 heteroatoms. The van der Waals surface area contributed by atoms with Crippen LogP contribution < -0.4 is 9.47 Å². The maximum absolute atomic E-state index is 10.8. The summed E-state index contributed by atoms with van der Waals surface area (Å²) >= 11 is 6.35. The van der Waals surface area contributed by atoms with Crippen LogP contribution in [0.5, 0.6) is 11.5 Å². The van der Waals surface area contributed by atoms with Crippen molar-refractivity contribution >= 4 is 11.6 Å². The molecule has 1 aliphatic carbocycles. The van der Waals surface area contributed by atoms with Gasteiger partial charge >= 0.3 is 0 Å². The molecule has 0 saturated heterocycles. The van der Waals surface area contributed by atoms with Crippen molar-refractivity contribution in [1.29, 1.82) is 0 Å². The Balaban J connectivity index is 1.95. The Kier molecular flexibility index (Phi) is 3.83. The summed E-state index contributed by atoms with van der Waals surface area (Å²) in [6.45, 7) is 3.43. The van der Waals surface area contributed by atoms with E-state index in [1.54, 1.807) is 6.07 Å². The zero-order valence-corrected chi connectivity index (χ0v) is 12.6. The molecule has 0 radical (unpaired) electrons. The van der Waals surface area contributed by atoms with E-state index in [2.05, 4.69) is 6.92 Å². The lowest BCUT2D eigenvalue weighted by molar-refractivity contribution is 0.0407. The fourth-order valence-electron chi connectivity index (χ4n) is 3.24. The predicted octanol–water partition coefficient (Wildman–Crippen LogP) is 4.12. The summed E-state index contributed by atoms with van der Waals surface area (Å²) < 4.78 is 11.3. The number of halogens is 1. The number of ether oxygens (including phenoxy) is 2. The number of aliphatic hydroxyl groups excluding tert-OH is 1. The minimum Gasteiger partial charge on any atom is -0.490 e. The zero-order valence-electron chi connectivity index (χ0n) is 11.8. The van der Waals surface area contributed by atoms with E-state index in [-0.39, 0.29) is 5.41 Å². The number of rotatable bonds is 2. The van der Waals surface area contributed by atoms with E-state index in [0.717, 1.165) is 24.8 Å². The topological polar surface area (TPSA) is 38.7 Å². The van der Waals surface area contributed by atoms with Gasteiger partial charge in [-0.3, -0.25) is 0 Å². The molecule has 20 heavy (non-hydrogen) atoms. The van der Waals surface area contributed by atoms with Gasteiger partial charge in [0.05, 0.1) is 24.3 Å². The smallest absolute Gasteiger partial charge is 0.162 e. The Labute approximate surface area is 124 Å². The normalized spacial score (nSPS) is 22.4. The van der Waals surface area contributed by atoms with Crippen LogP contribution in [0.2, 0.25) is 5.02 Å². The molecule has 1 heterocycles. The third-order valence-electron chi connectivity index (χ3n) is 4.57. The number of aliphatic hydroxyl groups is 1. The highest BCUT2D eigenvalue weighted by atomic mass is 35.5. The van der Waals surface area contributed by atoms with Gasteiger partial charge in [0.15, 0.2) is 11.5 Å². The molecule has 2 aliphatic rings. The van der Waals surface area contributed by atoms with Gasteiger partial charge in [0, 0.05) is 18.1 Å². The first kappa shape index (κ1) is 14.0. The van der Waals surface area contributed by atoms with Crippen molar-refractivity contribution in [1.82, 2.24) is 0 Å². The third kappa shape index (κ3) is 2.49. The van der Waals surface area contributed by atoms with Gasteiger partial charge in [-0.25, -0.2) is 0 Å². The van der Waals surface area contributed by atoms with E-state index in [9.17, 15) is 5.11 Å². The average molecular weight is 297 g/mol. The van der Waals surface area contributed by atoms with Crippen LogP contribution >= 0.6 is 11.6 Å². The number of fused-ring (bicyclic) bond motifs is 1. The first-order valence-electron chi connectivity index (χ1n) is 7.37. The number of hydrogen-bond donors (Lipinski definition) is 1. The summed E-state index contributed by atoms with van der Waals surface area (Å²) in [5, 5.41) is 11.3. The largest absolute Gasteiger partial charge is 0.490 e. The second-order valence-corrected chi connectivity index (χ2v) is 6.54. The van der Waals surface area contributed by atoms with Crippen molar-refractivity contribution in [3.05, 3.63) is 22.7 Å². The highest BCUT2D eigenvalue weighted by molar-refractivity contribution is 6.31. The predicted molar refractivity (Wildman–Crippen MR) is 78.6 cm³/mol. The molecule has 1 atom stereocenters. The van der Waals surface area contributed by atoms with E-state index < -0.39 is 6.10 Å². The molecule has 3 rings (SSSR count). The van der Waals surface area contributed by atoms with Crippen LogP contribution in [-0.4, -0.2) is 18.3 Å². The van der Waals surface area contributed by atoms with Gasteiger partial charge in [-0.1, -0.05) is 31.4 Å². The molecule has 1 aliphatic heterocycles. The minimum absolute atomic E-state index is 0.0799. The summed E-state index contributed by atoms with van der Waals surface area (Å²) in [4.78, 5) is 0. The van der Waals surface area contributed by atoms with Gasteiger partial charge in [0.1, 0.15) is 0 Å². The van der Waals surface area contributed by atoms with Crippen molar-refractivity contribution in [2.75, 3.05) is 13.2 Å². The molecule has 0 aromatic heterocycles. The van der Waals surface area contributed by atoms with Crippen LogP contribution in [0.4, 0.5) is 0 Å². The Bertz CT molecular complexity index is 495. The van der Waals surface area contributed by atoms with Crippen molar-refractivity contribution in [3.63, 3.8) is 0 Å².